The molecular weight excluding hydrogens is 230 g/mol. The lowest BCUT2D eigenvalue weighted by Crippen LogP contribution is -2.29. The molecule has 1 heteroatoms. The van der Waals surface area contributed by atoms with Gasteiger partial charge in [-0.2, -0.15) is 0 Å². The zero-order chi connectivity index (χ0) is 14.2. The Morgan fingerprint density at radius 2 is 1.16 bits per heavy atom. The Kier molecular flexibility index (Phi) is 16.0. The van der Waals surface area contributed by atoms with Gasteiger partial charge in [0.2, 0.25) is 0 Å². The molecule has 0 heterocycles. The fourth-order valence-electron chi connectivity index (χ4n) is 2.72. The first kappa shape index (κ1) is 19.0. The van der Waals surface area contributed by atoms with Crippen molar-refractivity contribution in [1.29, 1.82) is 0 Å². The summed E-state index contributed by atoms with van der Waals surface area (Å²) in [5.41, 5.74) is 0. The normalized spacial score (nSPS) is 12.8. The molecular formula is C18H39N. The third-order valence-electron chi connectivity index (χ3n) is 4.09. The van der Waals surface area contributed by atoms with Gasteiger partial charge in [-0.15, -0.1) is 0 Å². The van der Waals surface area contributed by atoms with E-state index in [1.807, 2.05) is 0 Å². The summed E-state index contributed by atoms with van der Waals surface area (Å²) in [5.74, 6) is 0. The van der Waals surface area contributed by atoms with E-state index in [2.05, 4.69) is 26.1 Å². The zero-order valence-electron chi connectivity index (χ0n) is 14.0. The minimum absolute atomic E-state index is 0.767. The van der Waals surface area contributed by atoms with Gasteiger partial charge in [0.1, 0.15) is 0 Å². The van der Waals surface area contributed by atoms with Gasteiger partial charge < -0.3 is 5.32 Å². The first-order chi connectivity index (χ1) is 9.35. The quantitative estimate of drug-likeness (QED) is 0.355. The van der Waals surface area contributed by atoms with Gasteiger partial charge in [0.25, 0.3) is 0 Å². The Labute approximate surface area is 122 Å². The van der Waals surface area contributed by atoms with Crippen LogP contribution >= 0.6 is 0 Å². The van der Waals surface area contributed by atoms with Crippen LogP contribution in [0, 0.1) is 0 Å². The number of hydrogen-bond acceptors (Lipinski definition) is 1. The summed E-state index contributed by atoms with van der Waals surface area (Å²) in [7, 11) is 0. The molecule has 0 aliphatic carbocycles. The van der Waals surface area contributed by atoms with Crippen LogP contribution in [0.4, 0.5) is 0 Å². The van der Waals surface area contributed by atoms with Crippen LogP contribution in [0.1, 0.15) is 104 Å². The molecule has 0 aromatic heterocycles. The summed E-state index contributed by atoms with van der Waals surface area (Å²) in [5, 5.41) is 3.70. The Morgan fingerprint density at radius 3 is 1.63 bits per heavy atom. The highest BCUT2D eigenvalue weighted by molar-refractivity contribution is 4.63. The van der Waals surface area contributed by atoms with Crippen LogP contribution in [0.5, 0.6) is 0 Å². The second kappa shape index (κ2) is 16.0. The number of hydrogen-bond donors (Lipinski definition) is 1. The van der Waals surface area contributed by atoms with Gasteiger partial charge in [0.15, 0.2) is 0 Å². The van der Waals surface area contributed by atoms with E-state index in [0.29, 0.717) is 0 Å². The maximum atomic E-state index is 3.70. The van der Waals surface area contributed by atoms with Crippen LogP contribution in [0.25, 0.3) is 0 Å². The van der Waals surface area contributed by atoms with E-state index in [0.717, 1.165) is 6.04 Å². The largest absolute Gasteiger partial charge is 0.314 e. The number of rotatable bonds is 15. The van der Waals surface area contributed by atoms with E-state index in [4.69, 9.17) is 0 Å². The molecule has 0 rings (SSSR count). The smallest absolute Gasteiger partial charge is 0.00643 e. The summed E-state index contributed by atoms with van der Waals surface area (Å²) in [6, 6.07) is 0.767. The molecule has 116 valence electrons. The second-order valence-electron chi connectivity index (χ2n) is 6.03. The predicted molar refractivity (Wildman–Crippen MR) is 88.8 cm³/mol. The Morgan fingerprint density at radius 1 is 0.632 bits per heavy atom. The molecule has 1 atom stereocenters. The van der Waals surface area contributed by atoms with Crippen molar-refractivity contribution in [3.63, 3.8) is 0 Å². The minimum atomic E-state index is 0.767. The standard InChI is InChI=1S/C18H39N/c1-4-7-8-9-10-11-12-13-14-15-17-19-18(6-3)16-5-2/h18-19H,4-17H2,1-3H3. The summed E-state index contributed by atoms with van der Waals surface area (Å²) < 4.78 is 0. The van der Waals surface area contributed by atoms with E-state index >= 15 is 0 Å². The molecule has 0 saturated heterocycles. The topological polar surface area (TPSA) is 12.0 Å². The fourth-order valence-corrected chi connectivity index (χ4v) is 2.72. The van der Waals surface area contributed by atoms with Crippen LogP contribution in [-0.2, 0) is 0 Å². The predicted octanol–water partition coefficient (Wildman–Crippen LogP) is 6.08. The molecule has 0 saturated carbocycles. The first-order valence-corrected chi connectivity index (χ1v) is 9.08. The van der Waals surface area contributed by atoms with Crippen LogP contribution < -0.4 is 5.32 Å². The second-order valence-corrected chi connectivity index (χ2v) is 6.03. The van der Waals surface area contributed by atoms with Gasteiger partial charge in [-0.05, 0) is 25.8 Å². The van der Waals surface area contributed by atoms with Gasteiger partial charge in [-0.3, -0.25) is 0 Å². The lowest BCUT2D eigenvalue weighted by atomic mass is 10.1. The van der Waals surface area contributed by atoms with Gasteiger partial charge in [-0.25, -0.2) is 0 Å². The van der Waals surface area contributed by atoms with E-state index in [1.54, 1.807) is 0 Å². The van der Waals surface area contributed by atoms with Crippen molar-refractivity contribution in [3.05, 3.63) is 0 Å². The maximum Gasteiger partial charge on any atom is 0.00643 e. The average Bonchev–Trinajstić information content (AvgIpc) is 2.43. The fraction of sp³-hybridized carbons (Fsp3) is 1.00. The average molecular weight is 270 g/mol. The maximum absolute atomic E-state index is 3.70. The monoisotopic (exact) mass is 269 g/mol. The van der Waals surface area contributed by atoms with Crippen molar-refractivity contribution < 1.29 is 0 Å². The molecule has 1 N–H and O–H groups in total. The van der Waals surface area contributed by atoms with E-state index in [1.165, 1.54) is 90.0 Å². The van der Waals surface area contributed by atoms with Crippen molar-refractivity contribution in [2.24, 2.45) is 0 Å². The molecule has 19 heavy (non-hydrogen) atoms. The summed E-state index contributed by atoms with van der Waals surface area (Å²) in [4.78, 5) is 0. The lowest BCUT2D eigenvalue weighted by molar-refractivity contribution is 0.449. The number of unbranched alkanes of at least 4 members (excludes halogenated alkanes) is 9. The van der Waals surface area contributed by atoms with Crippen LogP contribution in [0.2, 0.25) is 0 Å². The highest BCUT2D eigenvalue weighted by Crippen LogP contribution is 2.10. The summed E-state index contributed by atoms with van der Waals surface area (Å²) in [6.45, 7) is 8.10. The van der Waals surface area contributed by atoms with Crippen molar-refractivity contribution in [2.75, 3.05) is 6.54 Å². The SMILES string of the molecule is CCCCCCCCCCCCNC(CC)CCC. The van der Waals surface area contributed by atoms with Gasteiger partial charge in [-0.1, -0.05) is 85.0 Å². The molecule has 1 unspecified atom stereocenters. The highest BCUT2D eigenvalue weighted by Gasteiger charge is 2.02. The minimum Gasteiger partial charge on any atom is -0.314 e. The molecule has 0 radical (unpaired) electrons. The van der Waals surface area contributed by atoms with E-state index in [-0.39, 0.29) is 0 Å². The molecule has 0 fully saturated rings. The van der Waals surface area contributed by atoms with Gasteiger partial charge in [0.05, 0.1) is 0 Å². The third-order valence-corrected chi connectivity index (χ3v) is 4.09. The van der Waals surface area contributed by atoms with E-state index < -0.39 is 0 Å². The molecule has 0 aliphatic rings. The Hall–Kier alpha value is -0.0400. The zero-order valence-corrected chi connectivity index (χ0v) is 14.0. The molecule has 0 bridgehead atoms. The molecule has 1 nitrogen and oxygen atoms in total. The van der Waals surface area contributed by atoms with Crippen molar-refractivity contribution in [2.45, 2.75) is 110 Å². The van der Waals surface area contributed by atoms with Crippen molar-refractivity contribution >= 4 is 0 Å². The van der Waals surface area contributed by atoms with Crippen LogP contribution in [0.3, 0.4) is 0 Å². The lowest BCUT2D eigenvalue weighted by Gasteiger charge is -2.15. The summed E-state index contributed by atoms with van der Waals surface area (Å²) in [6.07, 6.45) is 18.3. The molecule has 0 amide bonds. The third kappa shape index (κ3) is 14.2. The van der Waals surface area contributed by atoms with E-state index in [9.17, 15) is 0 Å². The molecule has 0 aromatic rings. The van der Waals surface area contributed by atoms with Crippen molar-refractivity contribution in [1.82, 2.24) is 5.32 Å². The van der Waals surface area contributed by atoms with Crippen molar-refractivity contribution in [3.8, 4) is 0 Å². The first-order valence-electron chi connectivity index (χ1n) is 9.08. The molecule has 0 aliphatic heterocycles. The summed E-state index contributed by atoms with van der Waals surface area (Å²) >= 11 is 0. The Bertz CT molecular complexity index is 156. The highest BCUT2D eigenvalue weighted by atomic mass is 14.9. The van der Waals surface area contributed by atoms with Gasteiger partial charge in [0, 0.05) is 6.04 Å². The Balaban J connectivity index is 3.09. The molecule has 0 aromatic carbocycles. The van der Waals surface area contributed by atoms with Crippen LogP contribution in [-0.4, -0.2) is 12.6 Å². The van der Waals surface area contributed by atoms with Crippen LogP contribution in [0.15, 0.2) is 0 Å². The number of nitrogens with one attached hydrogen (secondary N) is 1. The molecule has 0 spiro atoms. The van der Waals surface area contributed by atoms with Gasteiger partial charge >= 0.3 is 0 Å².